The Bertz CT molecular complexity index is 525. The first-order valence-electron chi connectivity index (χ1n) is 5.70. The van der Waals surface area contributed by atoms with Crippen molar-refractivity contribution in [1.82, 2.24) is 9.97 Å². The van der Waals surface area contributed by atoms with Crippen molar-refractivity contribution in [1.29, 1.82) is 0 Å². The summed E-state index contributed by atoms with van der Waals surface area (Å²) in [7, 11) is 1.41. The third-order valence-corrected chi connectivity index (χ3v) is 3.65. The number of aromatic nitrogens is 2. The number of carbonyl (C=O) groups is 1. The molecule has 94 valence electrons. The molecule has 0 bridgehead atoms. The van der Waals surface area contributed by atoms with Gasteiger partial charge in [-0.2, -0.15) is 0 Å². The molecule has 2 heterocycles. The molecule has 1 atom stereocenters. The summed E-state index contributed by atoms with van der Waals surface area (Å²) in [6.07, 6.45) is 4.15. The van der Waals surface area contributed by atoms with Gasteiger partial charge in [0.15, 0.2) is 0 Å². The highest BCUT2D eigenvalue weighted by atomic mass is 32.1. The standard InChI is InChI=1S/C13H14N2O2S/c1-3-10(13(16)17-2)12-15-11(8-18-12)9-4-6-14-7-5-9/h4-8,10H,3H2,1-2H3. The summed E-state index contributed by atoms with van der Waals surface area (Å²) >= 11 is 1.49. The van der Waals surface area contributed by atoms with E-state index in [0.29, 0.717) is 6.42 Å². The van der Waals surface area contributed by atoms with Crippen LogP contribution in [0.3, 0.4) is 0 Å². The number of hydrogen-bond acceptors (Lipinski definition) is 5. The van der Waals surface area contributed by atoms with E-state index in [1.54, 1.807) is 12.4 Å². The van der Waals surface area contributed by atoms with Gasteiger partial charge in [0.05, 0.1) is 12.8 Å². The molecule has 0 aliphatic carbocycles. The molecule has 0 saturated heterocycles. The number of thiazole rings is 1. The molecule has 18 heavy (non-hydrogen) atoms. The molecule has 0 radical (unpaired) electrons. The second-order valence-electron chi connectivity index (χ2n) is 3.79. The molecule has 2 aromatic rings. The van der Waals surface area contributed by atoms with Gasteiger partial charge in [0.2, 0.25) is 0 Å². The molecule has 0 saturated carbocycles. The number of carbonyl (C=O) groups excluding carboxylic acids is 1. The van der Waals surface area contributed by atoms with E-state index in [9.17, 15) is 4.79 Å². The van der Waals surface area contributed by atoms with Crippen molar-refractivity contribution in [3.63, 3.8) is 0 Å². The van der Waals surface area contributed by atoms with Crippen LogP contribution in [0.2, 0.25) is 0 Å². The average Bonchev–Trinajstić information content (AvgIpc) is 2.90. The molecule has 4 nitrogen and oxygen atoms in total. The molecule has 0 aliphatic heterocycles. The predicted octanol–water partition coefficient (Wildman–Crippen LogP) is 2.87. The molecule has 0 amide bonds. The maximum Gasteiger partial charge on any atom is 0.315 e. The van der Waals surface area contributed by atoms with Crippen molar-refractivity contribution in [2.75, 3.05) is 7.11 Å². The normalized spacial score (nSPS) is 12.1. The van der Waals surface area contributed by atoms with Crippen LogP contribution < -0.4 is 0 Å². The molecule has 0 fully saturated rings. The Balaban J connectivity index is 2.27. The van der Waals surface area contributed by atoms with Gasteiger partial charge in [-0.05, 0) is 18.6 Å². The molecule has 0 aromatic carbocycles. The highest BCUT2D eigenvalue weighted by Crippen LogP contribution is 2.28. The van der Waals surface area contributed by atoms with Crippen molar-refractivity contribution >= 4 is 17.3 Å². The second-order valence-corrected chi connectivity index (χ2v) is 4.68. The second kappa shape index (κ2) is 5.73. The van der Waals surface area contributed by atoms with E-state index in [2.05, 4.69) is 9.97 Å². The SMILES string of the molecule is CCC(C(=O)OC)c1nc(-c2ccncc2)cs1. The quantitative estimate of drug-likeness (QED) is 0.795. The summed E-state index contributed by atoms with van der Waals surface area (Å²) in [6, 6.07) is 3.80. The van der Waals surface area contributed by atoms with Gasteiger partial charge in [0.25, 0.3) is 0 Å². The lowest BCUT2D eigenvalue weighted by atomic mass is 10.1. The summed E-state index contributed by atoms with van der Waals surface area (Å²) in [5.74, 6) is -0.497. The maximum atomic E-state index is 11.6. The minimum absolute atomic E-state index is 0.229. The number of pyridine rings is 1. The summed E-state index contributed by atoms with van der Waals surface area (Å²) in [4.78, 5) is 20.1. The Morgan fingerprint density at radius 3 is 2.78 bits per heavy atom. The Kier molecular flexibility index (Phi) is 4.04. The van der Waals surface area contributed by atoms with Gasteiger partial charge in [0, 0.05) is 23.3 Å². The van der Waals surface area contributed by atoms with E-state index < -0.39 is 0 Å². The predicted molar refractivity (Wildman–Crippen MR) is 70.4 cm³/mol. The lowest BCUT2D eigenvalue weighted by molar-refractivity contribution is -0.142. The number of esters is 1. The van der Waals surface area contributed by atoms with Crippen LogP contribution in [0.25, 0.3) is 11.3 Å². The van der Waals surface area contributed by atoms with Gasteiger partial charge in [-0.3, -0.25) is 9.78 Å². The highest BCUT2D eigenvalue weighted by molar-refractivity contribution is 7.10. The van der Waals surface area contributed by atoms with E-state index >= 15 is 0 Å². The molecule has 0 N–H and O–H groups in total. The van der Waals surface area contributed by atoms with Crippen molar-refractivity contribution in [3.8, 4) is 11.3 Å². The van der Waals surface area contributed by atoms with Crippen LogP contribution in [0.15, 0.2) is 29.9 Å². The molecule has 2 aromatic heterocycles. The van der Waals surface area contributed by atoms with Crippen LogP contribution in [0.5, 0.6) is 0 Å². The van der Waals surface area contributed by atoms with Crippen LogP contribution in [-0.2, 0) is 9.53 Å². The van der Waals surface area contributed by atoms with Gasteiger partial charge in [-0.25, -0.2) is 4.98 Å². The van der Waals surface area contributed by atoms with Gasteiger partial charge < -0.3 is 4.74 Å². The smallest absolute Gasteiger partial charge is 0.315 e. The average molecular weight is 262 g/mol. The zero-order chi connectivity index (χ0) is 13.0. The van der Waals surface area contributed by atoms with E-state index in [4.69, 9.17) is 4.74 Å². The van der Waals surface area contributed by atoms with Gasteiger partial charge in [-0.1, -0.05) is 6.92 Å². The van der Waals surface area contributed by atoms with Crippen molar-refractivity contribution < 1.29 is 9.53 Å². The van der Waals surface area contributed by atoms with Gasteiger partial charge in [0.1, 0.15) is 10.9 Å². The molecule has 1 unspecified atom stereocenters. The molecule has 5 heteroatoms. The van der Waals surface area contributed by atoms with Gasteiger partial charge >= 0.3 is 5.97 Å². The molecule has 0 spiro atoms. The third kappa shape index (κ3) is 2.56. The molecular formula is C13H14N2O2S. The number of methoxy groups -OCH3 is 1. The zero-order valence-electron chi connectivity index (χ0n) is 10.3. The first kappa shape index (κ1) is 12.7. The van der Waals surface area contributed by atoms with E-state index in [1.807, 2.05) is 24.4 Å². The first-order chi connectivity index (χ1) is 8.76. The minimum Gasteiger partial charge on any atom is -0.468 e. The van der Waals surface area contributed by atoms with Crippen molar-refractivity contribution in [2.45, 2.75) is 19.3 Å². The van der Waals surface area contributed by atoms with E-state index in [-0.39, 0.29) is 11.9 Å². The zero-order valence-corrected chi connectivity index (χ0v) is 11.1. The summed E-state index contributed by atoms with van der Waals surface area (Å²) < 4.78 is 4.79. The highest BCUT2D eigenvalue weighted by Gasteiger charge is 2.22. The summed E-state index contributed by atoms with van der Waals surface area (Å²) in [6.45, 7) is 1.95. The molecular weight excluding hydrogens is 248 g/mol. The van der Waals surface area contributed by atoms with Crippen molar-refractivity contribution in [3.05, 3.63) is 34.9 Å². The Morgan fingerprint density at radius 1 is 1.44 bits per heavy atom. The van der Waals surface area contributed by atoms with Gasteiger partial charge in [-0.15, -0.1) is 11.3 Å². The van der Waals surface area contributed by atoms with Crippen LogP contribution in [0, 0.1) is 0 Å². The fourth-order valence-corrected chi connectivity index (χ4v) is 2.69. The monoisotopic (exact) mass is 262 g/mol. The number of nitrogens with zero attached hydrogens (tertiary/aromatic N) is 2. The van der Waals surface area contributed by atoms with E-state index in [1.165, 1.54) is 18.4 Å². The van der Waals surface area contributed by atoms with Crippen LogP contribution in [-0.4, -0.2) is 23.0 Å². The molecule has 0 aliphatic rings. The largest absolute Gasteiger partial charge is 0.468 e. The lowest BCUT2D eigenvalue weighted by Crippen LogP contribution is -2.13. The van der Waals surface area contributed by atoms with Crippen LogP contribution in [0.4, 0.5) is 0 Å². The lowest BCUT2D eigenvalue weighted by Gasteiger charge is -2.08. The Hall–Kier alpha value is -1.75. The maximum absolute atomic E-state index is 11.6. The van der Waals surface area contributed by atoms with Crippen LogP contribution in [0.1, 0.15) is 24.3 Å². The third-order valence-electron chi connectivity index (χ3n) is 2.69. The molecule has 2 rings (SSSR count). The fourth-order valence-electron chi connectivity index (χ4n) is 1.69. The van der Waals surface area contributed by atoms with E-state index in [0.717, 1.165) is 16.3 Å². The Labute approximate surface area is 110 Å². The van der Waals surface area contributed by atoms with Crippen LogP contribution >= 0.6 is 11.3 Å². The van der Waals surface area contributed by atoms with Crippen molar-refractivity contribution in [2.24, 2.45) is 0 Å². The number of ether oxygens (including phenoxy) is 1. The number of rotatable bonds is 4. The number of hydrogen-bond donors (Lipinski definition) is 0. The Morgan fingerprint density at radius 2 is 2.17 bits per heavy atom. The summed E-state index contributed by atoms with van der Waals surface area (Å²) in [5.41, 5.74) is 1.88. The summed E-state index contributed by atoms with van der Waals surface area (Å²) in [5, 5.41) is 2.76. The topological polar surface area (TPSA) is 52.1 Å². The minimum atomic E-state index is -0.268. The first-order valence-corrected chi connectivity index (χ1v) is 6.57. The fraction of sp³-hybridized carbons (Fsp3) is 0.308.